The van der Waals surface area contributed by atoms with E-state index in [0.29, 0.717) is 0 Å². The summed E-state index contributed by atoms with van der Waals surface area (Å²) in [6.07, 6.45) is 7.91. The van der Waals surface area contributed by atoms with E-state index in [2.05, 4.69) is 47.6 Å². The van der Waals surface area contributed by atoms with Gasteiger partial charge >= 0.3 is 0 Å². The van der Waals surface area contributed by atoms with Gasteiger partial charge in [-0.2, -0.15) is 0 Å². The fraction of sp³-hybridized carbons (Fsp3) is 0.882. The van der Waals surface area contributed by atoms with Crippen LogP contribution in [0.5, 0.6) is 0 Å². The van der Waals surface area contributed by atoms with Gasteiger partial charge in [0.25, 0.3) is 0 Å². The van der Waals surface area contributed by atoms with Gasteiger partial charge in [-0.15, -0.1) is 0 Å². The highest BCUT2D eigenvalue weighted by Gasteiger charge is 2.45. The minimum absolute atomic E-state index is 0.874. The van der Waals surface area contributed by atoms with E-state index in [1.165, 1.54) is 25.7 Å². The van der Waals surface area contributed by atoms with Crippen LogP contribution in [0, 0.1) is 29.6 Å². The Balaban J connectivity index is 2.19. The molecule has 0 aromatic carbocycles. The molecule has 0 aromatic heterocycles. The van der Waals surface area contributed by atoms with Crippen LogP contribution in [0.4, 0.5) is 0 Å². The van der Waals surface area contributed by atoms with Gasteiger partial charge in [0, 0.05) is 0 Å². The SMILES string of the molecule is CC=C(C)CC(C)CCC1C(C)C1CC(C)C. The molecule has 0 heteroatoms. The van der Waals surface area contributed by atoms with Crippen LogP contribution in [0.15, 0.2) is 11.6 Å². The predicted molar refractivity (Wildman–Crippen MR) is 78.0 cm³/mol. The van der Waals surface area contributed by atoms with Crippen molar-refractivity contribution in [2.45, 2.75) is 67.2 Å². The third kappa shape index (κ3) is 4.85. The van der Waals surface area contributed by atoms with Crippen molar-refractivity contribution in [3.05, 3.63) is 11.6 Å². The van der Waals surface area contributed by atoms with Gasteiger partial charge in [-0.05, 0) is 62.7 Å². The van der Waals surface area contributed by atoms with E-state index >= 15 is 0 Å². The Bertz CT molecular complexity index is 249. The van der Waals surface area contributed by atoms with E-state index in [9.17, 15) is 0 Å². The molecule has 0 saturated heterocycles. The van der Waals surface area contributed by atoms with Gasteiger partial charge in [0.05, 0.1) is 0 Å². The molecule has 100 valence electrons. The van der Waals surface area contributed by atoms with Gasteiger partial charge in [0.15, 0.2) is 0 Å². The lowest BCUT2D eigenvalue weighted by molar-refractivity contribution is 0.450. The van der Waals surface area contributed by atoms with Gasteiger partial charge < -0.3 is 0 Å². The maximum atomic E-state index is 2.46. The summed E-state index contributed by atoms with van der Waals surface area (Å²) in [4.78, 5) is 0. The van der Waals surface area contributed by atoms with Gasteiger partial charge in [-0.1, -0.05) is 45.8 Å². The van der Waals surface area contributed by atoms with Crippen molar-refractivity contribution in [2.24, 2.45) is 29.6 Å². The monoisotopic (exact) mass is 236 g/mol. The lowest BCUT2D eigenvalue weighted by atomic mass is 9.95. The molecule has 1 fully saturated rings. The van der Waals surface area contributed by atoms with E-state index < -0.39 is 0 Å². The largest absolute Gasteiger partial charge is 0.0887 e. The van der Waals surface area contributed by atoms with E-state index in [4.69, 9.17) is 0 Å². The minimum Gasteiger partial charge on any atom is -0.0887 e. The zero-order valence-electron chi connectivity index (χ0n) is 12.8. The summed E-state index contributed by atoms with van der Waals surface area (Å²) < 4.78 is 0. The molecule has 0 amide bonds. The third-order valence-corrected chi connectivity index (χ3v) is 4.66. The first-order valence-corrected chi connectivity index (χ1v) is 7.57. The van der Waals surface area contributed by atoms with Crippen LogP contribution < -0.4 is 0 Å². The maximum Gasteiger partial charge on any atom is -0.0297 e. The zero-order chi connectivity index (χ0) is 13.0. The minimum atomic E-state index is 0.874. The summed E-state index contributed by atoms with van der Waals surface area (Å²) in [6, 6.07) is 0. The fourth-order valence-electron chi connectivity index (χ4n) is 3.29. The Hall–Kier alpha value is -0.260. The molecule has 0 nitrogen and oxygen atoms in total. The first kappa shape index (κ1) is 14.8. The molecule has 0 heterocycles. The molecular formula is C17H32. The third-order valence-electron chi connectivity index (χ3n) is 4.66. The maximum absolute atomic E-state index is 2.46. The van der Waals surface area contributed by atoms with Crippen molar-refractivity contribution >= 4 is 0 Å². The number of allylic oxidation sites excluding steroid dienone is 2. The van der Waals surface area contributed by atoms with Crippen molar-refractivity contribution in [2.75, 3.05) is 0 Å². The second-order valence-electron chi connectivity index (χ2n) is 6.84. The van der Waals surface area contributed by atoms with Crippen LogP contribution in [0.25, 0.3) is 0 Å². The number of hydrogen-bond donors (Lipinski definition) is 0. The van der Waals surface area contributed by atoms with Crippen LogP contribution >= 0.6 is 0 Å². The quantitative estimate of drug-likeness (QED) is 0.498. The standard InChI is InChI=1S/C17H32/c1-7-13(4)11-14(5)8-9-16-15(6)17(16)10-12(2)3/h7,12,14-17H,8-11H2,1-6H3. The average Bonchev–Trinajstić information content (AvgIpc) is 2.84. The topological polar surface area (TPSA) is 0 Å². The molecule has 17 heavy (non-hydrogen) atoms. The van der Waals surface area contributed by atoms with Crippen molar-refractivity contribution in [1.82, 2.24) is 0 Å². The summed E-state index contributed by atoms with van der Waals surface area (Å²) in [5, 5.41) is 0. The fourth-order valence-corrected chi connectivity index (χ4v) is 3.29. The highest BCUT2D eigenvalue weighted by Crippen LogP contribution is 2.52. The second kappa shape index (κ2) is 6.61. The molecule has 4 unspecified atom stereocenters. The Kier molecular flexibility index (Phi) is 5.76. The molecule has 0 radical (unpaired) electrons. The van der Waals surface area contributed by atoms with Gasteiger partial charge in [-0.3, -0.25) is 0 Å². The van der Waals surface area contributed by atoms with Crippen molar-refractivity contribution < 1.29 is 0 Å². The lowest BCUT2D eigenvalue weighted by Crippen LogP contribution is -1.98. The van der Waals surface area contributed by atoms with Crippen LogP contribution in [0.3, 0.4) is 0 Å². The van der Waals surface area contributed by atoms with Crippen LogP contribution in [-0.4, -0.2) is 0 Å². The molecule has 0 spiro atoms. The normalized spacial score (nSPS) is 30.8. The molecule has 0 bridgehead atoms. The molecule has 1 rings (SSSR count). The van der Waals surface area contributed by atoms with Crippen molar-refractivity contribution in [3.63, 3.8) is 0 Å². The molecule has 0 aromatic rings. The van der Waals surface area contributed by atoms with E-state index in [1.54, 1.807) is 5.57 Å². The van der Waals surface area contributed by atoms with E-state index in [-0.39, 0.29) is 0 Å². The van der Waals surface area contributed by atoms with Crippen molar-refractivity contribution in [3.8, 4) is 0 Å². The summed E-state index contributed by atoms with van der Waals surface area (Å²) in [6.45, 7) is 14.0. The average molecular weight is 236 g/mol. The summed E-state index contributed by atoms with van der Waals surface area (Å²) in [5.74, 6) is 4.86. The summed E-state index contributed by atoms with van der Waals surface area (Å²) in [7, 11) is 0. The molecule has 1 saturated carbocycles. The first-order chi connectivity index (χ1) is 7.95. The number of hydrogen-bond acceptors (Lipinski definition) is 0. The Labute approximate surface area is 109 Å². The van der Waals surface area contributed by atoms with Crippen LogP contribution in [0.2, 0.25) is 0 Å². The molecule has 4 atom stereocenters. The molecule has 1 aliphatic rings. The molecule has 0 aliphatic heterocycles. The van der Waals surface area contributed by atoms with Gasteiger partial charge in [0.2, 0.25) is 0 Å². The molecule has 1 aliphatic carbocycles. The highest BCUT2D eigenvalue weighted by molar-refractivity contribution is 4.98. The highest BCUT2D eigenvalue weighted by atomic mass is 14.5. The lowest BCUT2D eigenvalue weighted by Gasteiger charge is -2.11. The molecular weight excluding hydrogens is 204 g/mol. The number of rotatable bonds is 7. The second-order valence-corrected chi connectivity index (χ2v) is 6.84. The first-order valence-electron chi connectivity index (χ1n) is 7.57. The Morgan fingerprint density at radius 1 is 1.18 bits per heavy atom. The van der Waals surface area contributed by atoms with Crippen molar-refractivity contribution in [1.29, 1.82) is 0 Å². The van der Waals surface area contributed by atoms with Crippen LogP contribution in [0.1, 0.15) is 67.2 Å². The van der Waals surface area contributed by atoms with Gasteiger partial charge in [-0.25, -0.2) is 0 Å². The van der Waals surface area contributed by atoms with Gasteiger partial charge in [0.1, 0.15) is 0 Å². The summed E-state index contributed by atoms with van der Waals surface area (Å²) >= 11 is 0. The smallest absolute Gasteiger partial charge is 0.0297 e. The Morgan fingerprint density at radius 2 is 1.82 bits per heavy atom. The summed E-state index contributed by atoms with van der Waals surface area (Å²) in [5.41, 5.74) is 1.56. The van der Waals surface area contributed by atoms with E-state index in [1.807, 2.05) is 0 Å². The molecule has 0 N–H and O–H groups in total. The Morgan fingerprint density at radius 3 is 2.35 bits per heavy atom. The zero-order valence-corrected chi connectivity index (χ0v) is 12.8. The predicted octanol–water partition coefficient (Wildman–Crippen LogP) is 5.69. The van der Waals surface area contributed by atoms with E-state index in [0.717, 1.165) is 29.6 Å². The van der Waals surface area contributed by atoms with Crippen LogP contribution in [-0.2, 0) is 0 Å².